The van der Waals surface area contributed by atoms with Gasteiger partial charge in [0.05, 0.1) is 18.3 Å². The van der Waals surface area contributed by atoms with Gasteiger partial charge < -0.3 is 18.9 Å². The van der Waals surface area contributed by atoms with Crippen molar-refractivity contribution in [2.45, 2.75) is 37.3 Å². The molecule has 0 spiro atoms. The van der Waals surface area contributed by atoms with Gasteiger partial charge in [-0.05, 0) is 24.1 Å². The van der Waals surface area contributed by atoms with E-state index in [2.05, 4.69) is 0 Å². The molecule has 0 saturated carbocycles. The topological polar surface area (TPSA) is 54.0 Å². The number of ether oxygens (including phenoxy) is 4. The zero-order valence-corrected chi connectivity index (χ0v) is 11.4. The molecule has 0 aromatic rings. The van der Waals surface area contributed by atoms with Crippen molar-refractivity contribution >= 4 is 17.1 Å². The Bertz CT molecular complexity index is 320. The van der Waals surface area contributed by atoms with Crippen LogP contribution in [-0.2, 0) is 18.9 Å². The molecular weight excluding hydrogens is 256 g/mol. The summed E-state index contributed by atoms with van der Waals surface area (Å²) in [6.45, 7) is 0.301. The Hall–Kier alpha value is -0.560. The molecule has 5 nitrogen and oxygen atoms in total. The number of rotatable bonds is 2. The van der Waals surface area contributed by atoms with E-state index in [-0.39, 0.29) is 29.7 Å². The van der Waals surface area contributed by atoms with Gasteiger partial charge in [-0.3, -0.25) is 0 Å². The number of hydrogen-bond acceptors (Lipinski definition) is 6. The third-order valence-electron chi connectivity index (χ3n) is 3.17. The molecule has 102 valence electrons. The maximum atomic E-state index is 11.3. The fourth-order valence-electron chi connectivity index (χ4n) is 2.17. The minimum Gasteiger partial charge on any atom is -0.450 e. The van der Waals surface area contributed by atoms with E-state index in [9.17, 15) is 4.79 Å². The summed E-state index contributed by atoms with van der Waals surface area (Å²) in [4.78, 5) is 11.3. The lowest BCUT2D eigenvalue weighted by Crippen LogP contribution is -2.33. The number of carbonyl (C=O) groups excluding carboxylic acids is 1. The zero-order valence-electron chi connectivity index (χ0n) is 10.5. The molecule has 1 aliphatic carbocycles. The highest BCUT2D eigenvalue weighted by Gasteiger charge is 2.35. The van der Waals surface area contributed by atoms with Crippen molar-refractivity contribution in [1.29, 1.82) is 0 Å². The van der Waals surface area contributed by atoms with E-state index in [1.165, 1.54) is 0 Å². The highest BCUT2D eigenvalue weighted by atomic mass is 32.2. The summed E-state index contributed by atoms with van der Waals surface area (Å²) in [5, 5.41) is -0.283. The SMILES string of the molecule is COC1/C=C/C(OC(=O)SC)CC2OCOC2C1. The number of hydrogen-bond donors (Lipinski definition) is 0. The summed E-state index contributed by atoms with van der Waals surface area (Å²) in [5.74, 6) is 0. The largest absolute Gasteiger partial charge is 0.450 e. The Morgan fingerprint density at radius 3 is 2.44 bits per heavy atom. The quantitative estimate of drug-likeness (QED) is 0.567. The molecule has 4 atom stereocenters. The Labute approximate surface area is 111 Å². The van der Waals surface area contributed by atoms with Crippen LogP contribution in [0.3, 0.4) is 0 Å². The Kier molecular flexibility index (Phi) is 5.05. The van der Waals surface area contributed by atoms with E-state index in [1.54, 1.807) is 13.4 Å². The van der Waals surface area contributed by atoms with Gasteiger partial charge in [-0.25, -0.2) is 4.79 Å². The van der Waals surface area contributed by atoms with Crippen LogP contribution in [0.15, 0.2) is 12.2 Å². The summed E-state index contributed by atoms with van der Waals surface area (Å²) in [6.07, 6.45) is 6.56. The van der Waals surface area contributed by atoms with Crippen LogP contribution in [0, 0.1) is 0 Å². The molecule has 6 heteroatoms. The van der Waals surface area contributed by atoms with Crippen LogP contribution >= 0.6 is 11.8 Å². The van der Waals surface area contributed by atoms with Crippen LogP contribution in [0.5, 0.6) is 0 Å². The van der Waals surface area contributed by atoms with E-state index in [0.717, 1.165) is 18.2 Å². The fourth-order valence-corrected chi connectivity index (χ4v) is 2.39. The van der Waals surface area contributed by atoms with Gasteiger partial charge in [0.1, 0.15) is 12.9 Å². The van der Waals surface area contributed by atoms with E-state index in [0.29, 0.717) is 13.2 Å². The van der Waals surface area contributed by atoms with Gasteiger partial charge in [0.2, 0.25) is 0 Å². The van der Waals surface area contributed by atoms with Crippen molar-refractivity contribution in [3.8, 4) is 0 Å². The van der Waals surface area contributed by atoms with Gasteiger partial charge in [0.25, 0.3) is 0 Å². The van der Waals surface area contributed by atoms with Gasteiger partial charge >= 0.3 is 5.30 Å². The lowest BCUT2D eigenvalue weighted by atomic mass is 9.97. The molecule has 1 fully saturated rings. The fraction of sp³-hybridized carbons (Fsp3) is 0.750. The van der Waals surface area contributed by atoms with Crippen molar-refractivity contribution in [1.82, 2.24) is 0 Å². The number of thioether (sulfide) groups is 1. The van der Waals surface area contributed by atoms with Crippen LogP contribution in [-0.4, -0.2) is 49.9 Å². The molecule has 1 aliphatic heterocycles. The summed E-state index contributed by atoms with van der Waals surface area (Å²) >= 11 is 1.06. The number of methoxy groups -OCH3 is 1. The molecule has 1 saturated heterocycles. The summed E-state index contributed by atoms with van der Waals surface area (Å²) in [5.41, 5.74) is 0. The first kappa shape index (κ1) is 13.9. The number of carbonyl (C=O) groups is 1. The first-order chi connectivity index (χ1) is 8.72. The molecule has 2 aliphatic rings. The molecule has 0 amide bonds. The average molecular weight is 274 g/mol. The Balaban J connectivity index is 2.05. The van der Waals surface area contributed by atoms with E-state index in [4.69, 9.17) is 18.9 Å². The maximum absolute atomic E-state index is 11.3. The van der Waals surface area contributed by atoms with Crippen LogP contribution in [0.1, 0.15) is 12.8 Å². The van der Waals surface area contributed by atoms with Crippen molar-refractivity contribution in [3.63, 3.8) is 0 Å². The third-order valence-corrected chi connectivity index (χ3v) is 3.60. The van der Waals surface area contributed by atoms with Gasteiger partial charge in [0, 0.05) is 20.0 Å². The highest BCUT2D eigenvalue weighted by molar-refractivity contribution is 8.12. The van der Waals surface area contributed by atoms with Gasteiger partial charge in [-0.1, -0.05) is 6.08 Å². The van der Waals surface area contributed by atoms with Gasteiger partial charge in [-0.2, -0.15) is 0 Å². The lowest BCUT2D eigenvalue weighted by Gasteiger charge is -2.26. The predicted octanol–water partition coefficient (Wildman–Crippen LogP) is 1.96. The molecule has 2 rings (SSSR count). The normalized spacial score (nSPS) is 37.4. The molecule has 0 radical (unpaired) electrons. The third kappa shape index (κ3) is 3.47. The molecule has 1 heterocycles. The van der Waals surface area contributed by atoms with Crippen LogP contribution < -0.4 is 0 Å². The van der Waals surface area contributed by atoms with Crippen molar-refractivity contribution in [3.05, 3.63) is 12.2 Å². The zero-order chi connectivity index (χ0) is 13.0. The smallest absolute Gasteiger partial charge is 0.367 e. The second-order valence-corrected chi connectivity index (χ2v) is 5.01. The number of fused-ring (bicyclic) bond motifs is 1. The van der Waals surface area contributed by atoms with E-state index < -0.39 is 0 Å². The monoisotopic (exact) mass is 274 g/mol. The van der Waals surface area contributed by atoms with Crippen LogP contribution in [0.2, 0.25) is 0 Å². The predicted molar refractivity (Wildman–Crippen MR) is 67.6 cm³/mol. The second kappa shape index (κ2) is 6.56. The first-order valence-corrected chi connectivity index (χ1v) is 7.14. The Morgan fingerprint density at radius 1 is 1.22 bits per heavy atom. The van der Waals surface area contributed by atoms with Crippen LogP contribution in [0.25, 0.3) is 0 Å². The maximum Gasteiger partial charge on any atom is 0.367 e. The minimum atomic E-state index is -0.283. The molecule has 4 unspecified atom stereocenters. The van der Waals surface area contributed by atoms with E-state index >= 15 is 0 Å². The van der Waals surface area contributed by atoms with E-state index in [1.807, 2.05) is 12.2 Å². The molecule has 0 aromatic carbocycles. The van der Waals surface area contributed by atoms with Crippen molar-refractivity contribution in [2.75, 3.05) is 20.2 Å². The van der Waals surface area contributed by atoms with Crippen LogP contribution in [0.4, 0.5) is 4.79 Å². The second-order valence-electron chi connectivity index (χ2n) is 4.27. The molecule has 0 N–H and O–H groups in total. The summed E-state index contributed by atoms with van der Waals surface area (Å²) in [6, 6.07) is 0. The first-order valence-electron chi connectivity index (χ1n) is 5.92. The summed E-state index contributed by atoms with van der Waals surface area (Å²) in [7, 11) is 1.66. The van der Waals surface area contributed by atoms with Crippen molar-refractivity contribution in [2.24, 2.45) is 0 Å². The Morgan fingerprint density at radius 2 is 1.83 bits per heavy atom. The molecule has 18 heavy (non-hydrogen) atoms. The molecular formula is C12H18O5S. The van der Waals surface area contributed by atoms with Gasteiger partial charge in [0.15, 0.2) is 0 Å². The minimum absolute atomic E-state index is 0.00961. The average Bonchev–Trinajstić information content (AvgIpc) is 2.77. The molecule has 0 bridgehead atoms. The lowest BCUT2D eigenvalue weighted by molar-refractivity contribution is 0.0255. The van der Waals surface area contributed by atoms with Crippen molar-refractivity contribution < 1.29 is 23.7 Å². The van der Waals surface area contributed by atoms with Gasteiger partial charge in [-0.15, -0.1) is 0 Å². The highest BCUT2D eigenvalue weighted by Crippen LogP contribution is 2.27. The summed E-state index contributed by atoms with van der Waals surface area (Å²) < 4.78 is 21.7. The standard InChI is InChI=1S/C12H18O5S/c1-14-8-3-4-9(17-12(13)18-2)6-11-10(5-8)15-7-16-11/h3-4,8-11H,5-7H2,1-2H3/b4-3+. The molecule has 0 aromatic heterocycles.